The average molecular weight is 360 g/mol. The maximum atomic E-state index is 6.19. The normalized spacial score (nSPS) is 21.5. The van der Waals surface area contributed by atoms with Gasteiger partial charge in [-0.2, -0.15) is 0 Å². The molecule has 132 valence electrons. The molecule has 1 atom stereocenters. The van der Waals surface area contributed by atoms with E-state index in [2.05, 4.69) is 20.9 Å². The molecule has 1 aromatic heterocycles. The van der Waals surface area contributed by atoms with Crippen molar-refractivity contribution in [3.63, 3.8) is 0 Å². The molecule has 3 heterocycles. The lowest BCUT2D eigenvalue weighted by Gasteiger charge is -2.33. The van der Waals surface area contributed by atoms with Crippen LogP contribution in [0.3, 0.4) is 0 Å². The molecule has 0 unspecified atom stereocenters. The third-order valence-electron chi connectivity index (χ3n) is 4.92. The highest BCUT2D eigenvalue weighted by Gasteiger charge is 2.24. The van der Waals surface area contributed by atoms with Gasteiger partial charge in [-0.15, -0.1) is 0 Å². The molecule has 0 bridgehead atoms. The number of hydrogen-bond acceptors (Lipinski definition) is 5. The van der Waals surface area contributed by atoms with Crippen LogP contribution in [0, 0.1) is 0 Å². The Morgan fingerprint density at radius 1 is 1.12 bits per heavy atom. The molecule has 25 heavy (non-hydrogen) atoms. The van der Waals surface area contributed by atoms with E-state index in [4.69, 9.17) is 21.1 Å². The average Bonchev–Trinajstić information content (AvgIpc) is 3.19. The van der Waals surface area contributed by atoms with Gasteiger partial charge in [0, 0.05) is 44.5 Å². The second-order valence-electron chi connectivity index (χ2n) is 6.60. The molecular formula is C19H22ClN3O2. The monoisotopic (exact) mass is 359 g/mol. The van der Waals surface area contributed by atoms with Crippen molar-refractivity contribution in [2.24, 2.45) is 0 Å². The van der Waals surface area contributed by atoms with Crippen molar-refractivity contribution in [2.75, 3.05) is 31.2 Å². The first-order chi connectivity index (χ1) is 12.3. The highest BCUT2D eigenvalue weighted by Crippen LogP contribution is 2.29. The van der Waals surface area contributed by atoms with Gasteiger partial charge in [0.15, 0.2) is 0 Å². The topological polar surface area (TPSA) is 47.5 Å². The Bertz CT molecular complexity index is 713. The minimum Gasteiger partial charge on any atom is -0.489 e. The molecule has 5 nitrogen and oxygen atoms in total. The highest BCUT2D eigenvalue weighted by atomic mass is 35.5. The highest BCUT2D eigenvalue weighted by molar-refractivity contribution is 6.32. The van der Waals surface area contributed by atoms with Crippen molar-refractivity contribution >= 4 is 17.4 Å². The molecule has 0 aliphatic carbocycles. The van der Waals surface area contributed by atoms with Gasteiger partial charge in [-0.3, -0.25) is 0 Å². The number of hydrogen-bond donors (Lipinski definition) is 0. The van der Waals surface area contributed by atoms with Crippen LogP contribution in [0.25, 0.3) is 0 Å². The molecule has 6 heteroatoms. The zero-order valence-electron chi connectivity index (χ0n) is 14.1. The predicted molar refractivity (Wildman–Crippen MR) is 97.5 cm³/mol. The smallest absolute Gasteiger partial charge is 0.138 e. The van der Waals surface area contributed by atoms with E-state index >= 15 is 0 Å². The van der Waals surface area contributed by atoms with Gasteiger partial charge in [-0.25, -0.2) is 9.97 Å². The van der Waals surface area contributed by atoms with E-state index in [9.17, 15) is 0 Å². The number of para-hydroxylation sites is 1. The minimum absolute atomic E-state index is 0.195. The van der Waals surface area contributed by atoms with E-state index in [1.54, 1.807) is 6.33 Å². The fraction of sp³-hybridized carbons (Fsp3) is 0.474. The van der Waals surface area contributed by atoms with Gasteiger partial charge in [0.2, 0.25) is 0 Å². The van der Waals surface area contributed by atoms with Crippen LogP contribution in [0.2, 0.25) is 5.02 Å². The lowest BCUT2D eigenvalue weighted by molar-refractivity contribution is 0.171. The molecule has 4 rings (SSSR count). The summed E-state index contributed by atoms with van der Waals surface area (Å²) in [5, 5.41) is 0.671. The first kappa shape index (κ1) is 16.6. The van der Waals surface area contributed by atoms with Crippen LogP contribution in [0.15, 0.2) is 36.7 Å². The van der Waals surface area contributed by atoms with Gasteiger partial charge in [0.1, 0.15) is 24.0 Å². The lowest BCUT2D eigenvalue weighted by atomic mass is 10.0. The lowest BCUT2D eigenvalue weighted by Crippen LogP contribution is -2.38. The van der Waals surface area contributed by atoms with Crippen LogP contribution in [-0.2, 0) is 4.74 Å². The standard InChI is InChI=1S/C19H22ClN3O2/c20-16-3-1-2-4-18(16)25-15-5-8-23(9-6-15)19-11-17(21-13-22-19)14-7-10-24-12-14/h1-4,11,13-15H,5-10,12H2/t14-/m0/s1. The van der Waals surface area contributed by atoms with Gasteiger partial charge < -0.3 is 14.4 Å². The van der Waals surface area contributed by atoms with Crippen LogP contribution in [-0.4, -0.2) is 42.4 Å². The van der Waals surface area contributed by atoms with E-state index in [0.29, 0.717) is 10.9 Å². The Kier molecular flexibility index (Phi) is 5.04. The van der Waals surface area contributed by atoms with Crippen LogP contribution in [0.5, 0.6) is 5.75 Å². The third kappa shape index (κ3) is 3.88. The van der Waals surface area contributed by atoms with Crippen molar-refractivity contribution in [3.05, 3.63) is 47.4 Å². The van der Waals surface area contributed by atoms with E-state index < -0.39 is 0 Å². The molecule has 2 saturated heterocycles. The molecule has 2 aliphatic rings. The quantitative estimate of drug-likeness (QED) is 0.833. The number of anilines is 1. The fourth-order valence-electron chi connectivity index (χ4n) is 3.45. The maximum absolute atomic E-state index is 6.19. The second kappa shape index (κ2) is 7.58. The summed E-state index contributed by atoms with van der Waals surface area (Å²) in [5.74, 6) is 2.18. The summed E-state index contributed by atoms with van der Waals surface area (Å²) in [6.07, 6.45) is 4.83. The number of halogens is 1. The van der Waals surface area contributed by atoms with E-state index in [1.165, 1.54) is 0 Å². The van der Waals surface area contributed by atoms with E-state index in [1.807, 2.05) is 24.3 Å². The number of benzene rings is 1. The molecule has 2 fully saturated rings. The Morgan fingerprint density at radius 3 is 2.72 bits per heavy atom. The number of piperidine rings is 1. The van der Waals surface area contributed by atoms with Gasteiger partial charge in [0.05, 0.1) is 17.3 Å². The third-order valence-corrected chi connectivity index (χ3v) is 5.23. The Morgan fingerprint density at radius 2 is 1.96 bits per heavy atom. The van der Waals surface area contributed by atoms with Crippen LogP contribution >= 0.6 is 11.6 Å². The summed E-state index contributed by atoms with van der Waals surface area (Å²) < 4.78 is 11.5. The van der Waals surface area contributed by atoms with Crippen LogP contribution in [0.4, 0.5) is 5.82 Å². The Balaban J connectivity index is 1.37. The molecule has 1 aromatic carbocycles. The summed E-state index contributed by atoms with van der Waals surface area (Å²) in [4.78, 5) is 11.2. The Hall–Kier alpha value is -1.85. The minimum atomic E-state index is 0.195. The fourth-order valence-corrected chi connectivity index (χ4v) is 3.63. The first-order valence-electron chi connectivity index (χ1n) is 8.85. The summed E-state index contributed by atoms with van der Waals surface area (Å²) >= 11 is 6.19. The van der Waals surface area contributed by atoms with Crippen molar-refractivity contribution < 1.29 is 9.47 Å². The van der Waals surface area contributed by atoms with Gasteiger partial charge in [0.25, 0.3) is 0 Å². The van der Waals surface area contributed by atoms with Crippen molar-refractivity contribution in [1.82, 2.24) is 9.97 Å². The largest absolute Gasteiger partial charge is 0.489 e. The zero-order chi connectivity index (χ0) is 17.1. The summed E-state index contributed by atoms with van der Waals surface area (Å²) in [7, 11) is 0. The first-order valence-corrected chi connectivity index (χ1v) is 9.23. The molecule has 2 aromatic rings. The molecule has 0 radical (unpaired) electrons. The van der Waals surface area contributed by atoms with Gasteiger partial charge >= 0.3 is 0 Å². The summed E-state index contributed by atoms with van der Waals surface area (Å²) in [5.41, 5.74) is 1.09. The SMILES string of the molecule is Clc1ccccc1OC1CCN(c2cc([C@H]3CCOC3)ncn2)CC1. The van der Waals surface area contributed by atoms with Crippen molar-refractivity contribution in [2.45, 2.75) is 31.3 Å². The molecular weight excluding hydrogens is 338 g/mol. The molecule has 0 spiro atoms. The van der Waals surface area contributed by atoms with E-state index in [0.717, 1.165) is 62.8 Å². The summed E-state index contributed by atoms with van der Waals surface area (Å²) in [6.45, 7) is 3.44. The van der Waals surface area contributed by atoms with E-state index in [-0.39, 0.29) is 6.10 Å². The number of nitrogens with zero attached hydrogens (tertiary/aromatic N) is 3. The molecule has 0 amide bonds. The molecule has 2 aliphatic heterocycles. The Labute approximate surface area is 152 Å². The number of aromatic nitrogens is 2. The number of rotatable bonds is 4. The molecule has 0 N–H and O–H groups in total. The van der Waals surface area contributed by atoms with Crippen molar-refractivity contribution in [1.29, 1.82) is 0 Å². The van der Waals surface area contributed by atoms with Crippen LogP contribution in [0.1, 0.15) is 30.9 Å². The number of ether oxygens (including phenoxy) is 2. The van der Waals surface area contributed by atoms with Gasteiger partial charge in [-0.1, -0.05) is 23.7 Å². The van der Waals surface area contributed by atoms with Crippen molar-refractivity contribution in [3.8, 4) is 5.75 Å². The predicted octanol–water partition coefficient (Wildman–Crippen LogP) is 3.68. The summed E-state index contributed by atoms with van der Waals surface area (Å²) in [6, 6.07) is 9.77. The van der Waals surface area contributed by atoms with Gasteiger partial charge in [-0.05, 0) is 18.6 Å². The second-order valence-corrected chi connectivity index (χ2v) is 7.00. The zero-order valence-corrected chi connectivity index (χ0v) is 14.9. The van der Waals surface area contributed by atoms with Crippen LogP contribution < -0.4 is 9.64 Å². The maximum Gasteiger partial charge on any atom is 0.138 e. The molecule has 0 saturated carbocycles.